The molecule has 0 heterocycles. The van der Waals surface area contributed by atoms with Crippen molar-refractivity contribution in [3.05, 3.63) is 29.8 Å². The van der Waals surface area contributed by atoms with Gasteiger partial charge in [0.2, 0.25) is 0 Å². The number of ether oxygens (including phenoxy) is 1. The number of rotatable bonds is 4. The fourth-order valence-electron chi connectivity index (χ4n) is 3.29. The Balaban J connectivity index is 2.16. The van der Waals surface area contributed by atoms with Crippen molar-refractivity contribution in [2.75, 3.05) is 13.2 Å². The molecule has 1 aromatic carbocycles. The van der Waals surface area contributed by atoms with Crippen LogP contribution in [0.5, 0.6) is 5.75 Å². The van der Waals surface area contributed by atoms with Gasteiger partial charge in [-0.2, -0.15) is 0 Å². The summed E-state index contributed by atoms with van der Waals surface area (Å²) in [5.41, 5.74) is 7.83. The van der Waals surface area contributed by atoms with E-state index in [1.807, 2.05) is 6.92 Å². The monoisotopic (exact) mass is 261 g/mol. The predicted molar refractivity (Wildman–Crippen MR) is 80.5 cm³/mol. The minimum absolute atomic E-state index is 0.439. The van der Waals surface area contributed by atoms with Crippen molar-refractivity contribution >= 4 is 0 Å². The topological polar surface area (TPSA) is 35.2 Å². The quantitative estimate of drug-likeness (QED) is 0.890. The lowest BCUT2D eigenvalue weighted by molar-refractivity contribution is 0.165. The van der Waals surface area contributed by atoms with Crippen LogP contribution in [0.2, 0.25) is 0 Å². The molecule has 2 N–H and O–H groups in total. The number of nitrogens with two attached hydrogens (primary N) is 1. The van der Waals surface area contributed by atoms with Crippen molar-refractivity contribution in [1.82, 2.24) is 0 Å². The Morgan fingerprint density at radius 1 is 1.26 bits per heavy atom. The molecule has 1 aromatic rings. The molecular formula is C17H27NO. The normalized spacial score (nSPS) is 26.1. The number of hydrogen-bond acceptors (Lipinski definition) is 2. The molecule has 2 atom stereocenters. The SMILES string of the molecule is CCOc1ccc(C2CC(C)(C)CCC2CN)cc1. The van der Waals surface area contributed by atoms with E-state index < -0.39 is 0 Å². The van der Waals surface area contributed by atoms with Crippen molar-refractivity contribution in [3.8, 4) is 5.75 Å². The number of benzene rings is 1. The molecule has 2 rings (SSSR count). The van der Waals surface area contributed by atoms with Gasteiger partial charge in [-0.1, -0.05) is 26.0 Å². The fourth-order valence-corrected chi connectivity index (χ4v) is 3.29. The van der Waals surface area contributed by atoms with Crippen LogP contribution in [-0.2, 0) is 0 Å². The first kappa shape index (κ1) is 14.4. The maximum Gasteiger partial charge on any atom is 0.119 e. The van der Waals surface area contributed by atoms with Crippen LogP contribution in [0.4, 0.5) is 0 Å². The van der Waals surface area contributed by atoms with Crippen molar-refractivity contribution < 1.29 is 4.74 Å². The largest absolute Gasteiger partial charge is 0.494 e. The third-order valence-electron chi connectivity index (χ3n) is 4.46. The molecule has 1 aliphatic carbocycles. The molecule has 0 saturated heterocycles. The van der Waals surface area contributed by atoms with E-state index in [-0.39, 0.29) is 0 Å². The van der Waals surface area contributed by atoms with Gasteiger partial charge in [-0.05, 0) is 67.7 Å². The van der Waals surface area contributed by atoms with Gasteiger partial charge in [-0.15, -0.1) is 0 Å². The van der Waals surface area contributed by atoms with Crippen LogP contribution in [0.1, 0.15) is 51.5 Å². The average Bonchev–Trinajstić information content (AvgIpc) is 2.39. The van der Waals surface area contributed by atoms with E-state index in [2.05, 4.69) is 38.1 Å². The van der Waals surface area contributed by atoms with Gasteiger partial charge in [-0.25, -0.2) is 0 Å². The van der Waals surface area contributed by atoms with E-state index in [9.17, 15) is 0 Å². The first-order valence-corrected chi connectivity index (χ1v) is 7.48. The van der Waals surface area contributed by atoms with Gasteiger partial charge >= 0.3 is 0 Å². The van der Waals surface area contributed by atoms with Gasteiger partial charge < -0.3 is 10.5 Å². The van der Waals surface area contributed by atoms with Crippen LogP contribution < -0.4 is 10.5 Å². The molecule has 2 nitrogen and oxygen atoms in total. The summed E-state index contributed by atoms with van der Waals surface area (Å²) in [6, 6.07) is 8.63. The maximum atomic E-state index is 5.97. The molecule has 0 amide bonds. The smallest absolute Gasteiger partial charge is 0.119 e. The van der Waals surface area contributed by atoms with Crippen LogP contribution in [0.25, 0.3) is 0 Å². The van der Waals surface area contributed by atoms with E-state index in [1.165, 1.54) is 24.8 Å². The van der Waals surface area contributed by atoms with Crippen LogP contribution in [0.15, 0.2) is 24.3 Å². The Morgan fingerprint density at radius 2 is 1.95 bits per heavy atom. The summed E-state index contributed by atoms with van der Waals surface area (Å²) in [5.74, 6) is 2.20. The second-order valence-electron chi connectivity index (χ2n) is 6.51. The Morgan fingerprint density at radius 3 is 2.53 bits per heavy atom. The minimum atomic E-state index is 0.439. The second-order valence-corrected chi connectivity index (χ2v) is 6.51. The molecule has 1 saturated carbocycles. The van der Waals surface area contributed by atoms with Crippen molar-refractivity contribution in [2.45, 2.75) is 46.0 Å². The molecule has 0 spiro atoms. The zero-order valence-electron chi connectivity index (χ0n) is 12.5. The first-order valence-electron chi connectivity index (χ1n) is 7.48. The average molecular weight is 261 g/mol. The number of hydrogen-bond donors (Lipinski definition) is 1. The van der Waals surface area contributed by atoms with E-state index in [0.717, 1.165) is 18.9 Å². The maximum absolute atomic E-state index is 5.97. The molecule has 2 unspecified atom stereocenters. The highest BCUT2D eigenvalue weighted by Gasteiger charge is 2.34. The second kappa shape index (κ2) is 5.96. The standard InChI is InChI=1S/C17H27NO/c1-4-19-15-7-5-13(6-8-15)16-11-17(2,3)10-9-14(16)12-18/h5-8,14,16H,4,9-12,18H2,1-3H3. The molecule has 0 aliphatic heterocycles. The van der Waals surface area contributed by atoms with Crippen LogP contribution in [0.3, 0.4) is 0 Å². The van der Waals surface area contributed by atoms with Crippen molar-refractivity contribution in [2.24, 2.45) is 17.1 Å². The molecule has 2 heteroatoms. The summed E-state index contributed by atoms with van der Waals surface area (Å²) >= 11 is 0. The minimum Gasteiger partial charge on any atom is -0.494 e. The van der Waals surface area contributed by atoms with Gasteiger partial charge in [0, 0.05) is 0 Å². The first-order chi connectivity index (χ1) is 9.05. The third-order valence-corrected chi connectivity index (χ3v) is 4.46. The van der Waals surface area contributed by atoms with Crippen LogP contribution >= 0.6 is 0 Å². The summed E-state index contributed by atoms with van der Waals surface area (Å²) in [6.45, 7) is 8.29. The Kier molecular flexibility index (Phi) is 4.51. The molecule has 0 aromatic heterocycles. The third kappa shape index (κ3) is 3.50. The summed E-state index contributed by atoms with van der Waals surface area (Å²) < 4.78 is 5.52. The highest BCUT2D eigenvalue weighted by atomic mass is 16.5. The lowest BCUT2D eigenvalue weighted by Crippen LogP contribution is -2.32. The molecule has 0 bridgehead atoms. The zero-order valence-corrected chi connectivity index (χ0v) is 12.5. The molecule has 106 valence electrons. The van der Waals surface area contributed by atoms with Gasteiger partial charge in [0.05, 0.1) is 6.61 Å². The van der Waals surface area contributed by atoms with E-state index >= 15 is 0 Å². The Hall–Kier alpha value is -1.02. The van der Waals surface area contributed by atoms with Gasteiger partial charge in [0.25, 0.3) is 0 Å². The van der Waals surface area contributed by atoms with Gasteiger partial charge in [-0.3, -0.25) is 0 Å². The highest BCUT2D eigenvalue weighted by molar-refractivity contribution is 5.30. The predicted octanol–water partition coefficient (Wildman–Crippen LogP) is 3.95. The highest BCUT2D eigenvalue weighted by Crippen LogP contribution is 2.46. The fraction of sp³-hybridized carbons (Fsp3) is 0.647. The Bertz CT molecular complexity index is 396. The van der Waals surface area contributed by atoms with E-state index in [0.29, 0.717) is 17.3 Å². The summed E-state index contributed by atoms with van der Waals surface area (Å²) in [7, 11) is 0. The summed E-state index contributed by atoms with van der Waals surface area (Å²) in [6.07, 6.45) is 3.78. The van der Waals surface area contributed by atoms with Crippen molar-refractivity contribution in [1.29, 1.82) is 0 Å². The molecule has 1 aliphatic rings. The molecular weight excluding hydrogens is 234 g/mol. The summed E-state index contributed by atoms with van der Waals surface area (Å²) in [5, 5.41) is 0. The van der Waals surface area contributed by atoms with E-state index in [4.69, 9.17) is 10.5 Å². The van der Waals surface area contributed by atoms with Crippen LogP contribution in [-0.4, -0.2) is 13.2 Å². The van der Waals surface area contributed by atoms with Gasteiger partial charge in [0.15, 0.2) is 0 Å². The van der Waals surface area contributed by atoms with Gasteiger partial charge in [0.1, 0.15) is 5.75 Å². The Labute approximate surface area is 117 Å². The van der Waals surface area contributed by atoms with E-state index in [1.54, 1.807) is 0 Å². The lowest BCUT2D eigenvalue weighted by atomic mass is 9.65. The molecule has 1 fully saturated rings. The van der Waals surface area contributed by atoms with Crippen molar-refractivity contribution in [3.63, 3.8) is 0 Å². The lowest BCUT2D eigenvalue weighted by Gasteiger charge is -2.40. The van der Waals surface area contributed by atoms with Crippen LogP contribution in [0, 0.1) is 11.3 Å². The molecule has 0 radical (unpaired) electrons. The summed E-state index contributed by atoms with van der Waals surface area (Å²) in [4.78, 5) is 0. The zero-order chi connectivity index (χ0) is 13.9. The molecule has 19 heavy (non-hydrogen) atoms.